The molecule has 0 unspecified atom stereocenters. The molecule has 0 saturated carbocycles. The maximum Gasteiger partial charge on any atom is 0.344 e. The molecule has 1 aromatic carbocycles. The number of benzene rings is 1. The van der Waals surface area contributed by atoms with Crippen molar-refractivity contribution in [3.05, 3.63) is 29.8 Å². The summed E-state index contributed by atoms with van der Waals surface area (Å²) < 4.78 is 15.2. The van der Waals surface area contributed by atoms with E-state index in [0.717, 1.165) is 43.9 Å². The largest absolute Gasteiger partial charge is 0.463 e. The van der Waals surface area contributed by atoms with Gasteiger partial charge in [-0.2, -0.15) is 0 Å². The first-order chi connectivity index (χ1) is 13.1. The Bertz CT molecular complexity index is 602. The summed E-state index contributed by atoms with van der Waals surface area (Å²) in [4.78, 5) is 35.7. The van der Waals surface area contributed by atoms with Crippen LogP contribution in [0.2, 0.25) is 0 Å². The van der Waals surface area contributed by atoms with Crippen LogP contribution in [0.4, 0.5) is 0 Å². The highest BCUT2D eigenvalue weighted by Crippen LogP contribution is 2.20. The zero-order valence-corrected chi connectivity index (χ0v) is 17.3. The Morgan fingerprint density at radius 2 is 1.70 bits per heavy atom. The van der Waals surface area contributed by atoms with Gasteiger partial charge in [0.1, 0.15) is 11.3 Å². The molecule has 1 rings (SSSR count). The van der Waals surface area contributed by atoms with Gasteiger partial charge in [0.25, 0.3) is 0 Å². The Kier molecular flexibility index (Phi) is 12.2. The molecule has 0 radical (unpaired) electrons. The second-order valence-corrected chi connectivity index (χ2v) is 6.77. The fourth-order valence-corrected chi connectivity index (χ4v) is 2.62. The maximum absolute atomic E-state index is 12.2. The summed E-state index contributed by atoms with van der Waals surface area (Å²) in [6.07, 6.45) is 5.70. The highest BCUT2D eigenvalue weighted by Gasteiger charge is 2.17. The Morgan fingerprint density at radius 3 is 2.44 bits per heavy atom. The number of esters is 3. The number of rotatable bonds is 13. The van der Waals surface area contributed by atoms with Crippen LogP contribution < -0.4 is 4.74 Å². The Morgan fingerprint density at radius 1 is 0.926 bits per heavy atom. The van der Waals surface area contributed by atoms with Crippen LogP contribution >= 0.6 is 15.9 Å². The quantitative estimate of drug-likeness (QED) is 0.194. The van der Waals surface area contributed by atoms with Crippen molar-refractivity contribution in [1.29, 1.82) is 0 Å². The van der Waals surface area contributed by atoms with Crippen molar-refractivity contribution >= 4 is 33.8 Å². The van der Waals surface area contributed by atoms with Gasteiger partial charge in [0.05, 0.1) is 6.61 Å². The average Bonchev–Trinajstić information content (AvgIpc) is 2.67. The number of hydrogen-bond donors (Lipinski definition) is 0. The maximum atomic E-state index is 12.2. The number of carbonyl (C=O) groups excluding carboxylic acids is 3. The molecule has 6 nitrogen and oxygen atoms in total. The van der Waals surface area contributed by atoms with Gasteiger partial charge in [-0.15, -0.1) is 0 Å². The molecule has 0 fully saturated rings. The Labute approximate surface area is 168 Å². The van der Waals surface area contributed by atoms with Crippen LogP contribution in [0.1, 0.15) is 62.2 Å². The lowest BCUT2D eigenvalue weighted by Crippen LogP contribution is -2.18. The predicted octanol–water partition coefficient (Wildman–Crippen LogP) is 4.44. The third-order valence-electron chi connectivity index (χ3n) is 3.68. The number of para-hydroxylation sites is 1. The number of carbonyl (C=O) groups is 3. The van der Waals surface area contributed by atoms with E-state index >= 15 is 0 Å². The standard InChI is InChI=1S/C20H27BrO6/c1-2-3-9-14-25-19(23)15-26-20(24)16-10-6-7-11-17(16)27-18(22)12-5-4-8-13-21/h6-7,10-11H,2-5,8-9,12-15H2,1H3. The van der Waals surface area contributed by atoms with Gasteiger partial charge in [0.15, 0.2) is 6.61 Å². The number of alkyl halides is 1. The third kappa shape index (κ3) is 10.1. The normalized spacial score (nSPS) is 10.3. The van der Waals surface area contributed by atoms with Crippen molar-refractivity contribution in [1.82, 2.24) is 0 Å². The van der Waals surface area contributed by atoms with E-state index in [1.807, 2.05) is 0 Å². The summed E-state index contributed by atoms with van der Waals surface area (Å²) in [7, 11) is 0. The zero-order chi connectivity index (χ0) is 19.9. The first kappa shape index (κ1) is 23.1. The fourth-order valence-electron chi connectivity index (χ4n) is 2.22. The van der Waals surface area contributed by atoms with E-state index in [4.69, 9.17) is 14.2 Å². The number of ether oxygens (including phenoxy) is 3. The molecule has 0 heterocycles. The first-order valence-electron chi connectivity index (χ1n) is 9.27. The van der Waals surface area contributed by atoms with Gasteiger partial charge in [-0.1, -0.05) is 54.2 Å². The molecule has 0 spiro atoms. The Hall–Kier alpha value is -1.89. The molecule has 150 valence electrons. The van der Waals surface area contributed by atoms with Crippen LogP contribution in [0.5, 0.6) is 5.75 Å². The van der Waals surface area contributed by atoms with E-state index in [2.05, 4.69) is 22.9 Å². The minimum absolute atomic E-state index is 0.102. The van der Waals surface area contributed by atoms with Crippen molar-refractivity contribution in [2.75, 3.05) is 18.5 Å². The fraction of sp³-hybridized carbons (Fsp3) is 0.550. The zero-order valence-electron chi connectivity index (χ0n) is 15.7. The monoisotopic (exact) mass is 442 g/mol. The van der Waals surface area contributed by atoms with E-state index in [0.29, 0.717) is 6.61 Å². The molecule has 7 heteroatoms. The van der Waals surface area contributed by atoms with Crippen molar-refractivity contribution < 1.29 is 28.6 Å². The average molecular weight is 443 g/mol. The van der Waals surface area contributed by atoms with Crippen LogP contribution in [0.15, 0.2) is 24.3 Å². The molecular weight excluding hydrogens is 416 g/mol. The second kappa shape index (κ2) is 14.2. The highest BCUT2D eigenvalue weighted by molar-refractivity contribution is 9.09. The first-order valence-corrected chi connectivity index (χ1v) is 10.4. The topological polar surface area (TPSA) is 78.9 Å². The molecule has 0 N–H and O–H groups in total. The molecule has 0 amide bonds. The van der Waals surface area contributed by atoms with Gasteiger partial charge >= 0.3 is 17.9 Å². The van der Waals surface area contributed by atoms with Crippen LogP contribution in [0, 0.1) is 0 Å². The molecular formula is C20H27BrO6. The minimum Gasteiger partial charge on any atom is -0.463 e. The highest BCUT2D eigenvalue weighted by atomic mass is 79.9. The molecule has 0 saturated heterocycles. The molecule has 1 aromatic rings. The van der Waals surface area contributed by atoms with Crippen LogP contribution in [0.25, 0.3) is 0 Å². The molecule has 27 heavy (non-hydrogen) atoms. The van der Waals surface area contributed by atoms with Crippen molar-refractivity contribution in [2.24, 2.45) is 0 Å². The van der Waals surface area contributed by atoms with Gasteiger partial charge in [-0.3, -0.25) is 4.79 Å². The van der Waals surface area contributed by atoms with Crippen molar-refractivity contribution in [3.63, 3.8) is 0 Å². The Balaban J connectivity index is 2.48. The van der Waals surface area contributed by atoms with Crippen LogP contribution in [-0.2, 0) is 19.1 Å². The summed E-state index contributed by atoms with van der Waals surface area (Å²) in [6.45, 7) is 1.89. The van der Waals surface area contributed by atoms with E-state index in [1.54, 1.807) is 12.1 Å². The summed E-state index contributed by atoms with van der Waals surface area (Å²) in [5.74, 6) is -1.60. The molecule has 0 aliphatic heterocycles. The molecule has 0 aromatic heterocycles. The minimum atomic E-state index is -0.733. The van der Waals surface area contributed by atoms with Crippen LogP contribution in [-0.4, -0.2) is 36.5 Å². The molecule has 0 aliphatic rings. The van der Waals surface area contributed by atoms with E-state index in [-0.39, 0.29) is 17.7 Å². The summed E-state index contributed by atoms with van der Waals surface area (Å²) in [5.41, 5.74) is 0.102. The number of hydrogen-bond acceptors (Lipinski definition) is 6. The number of halogens is 1. The van der Waals surface area contributed by atoms with Crippen LogP contribution in [0.3, 0.4) is 0 Å². The van der Waals surface area contributed by atoms with Gasteiger partial charge in [0, 0.05) is 11.8 Å². The molecule has 0 atom stereocenters. The summed E-state index contributed by atoms with van der Waals surface area (Å²) >= 11 is 3.34. The van der Waals surface area contributed by atoms with E-state index in [9.17, 15) is 14.4 Å². The van der Waals surface area contributed by atoms with Gasteiger partial charge in [0.2, 0.25) is 0 Å². The van der Waals surface area contributed by atoms with Gasteiger partial charge < -0.3 is 14.2 Å². The van der Waals surface area contributed by atoms with Crippen molar-refractivity contribution in [2.45, 2.75) is 51.9 Å². The summed E-state index contributed by atoms with van der Waals surface area (Å²) in [5, 5.41) is 0.901. The van der Waals surface area contributed by atoms with Crippen molar-refractivity contribution in [3.8, 4) is 5.75 Å². The van der Waals surface area contributed by atoms with Gasteiger partial charge in [-0.25, -0.2) is 9.59 Å². The van der Waals surface area contributed by atoms with E-state index in [1.165, 1.54) is 12.1 Å². The van der Waals surface area contributed by atoms with E-state index < -0.39 is 24.5 Å². The number of unbranched alkanes of at least 4 members (excludes halogenated alkanes) is 4. The third-order valence-corrected chi connectivity index (χ3v) is 4.24. The lowest BCUT2D eigenvalue weighted by atomic mass is 10.2. The molecule has 0 aliphatic carbocycles. The second-order valence-electron chi connectivity index (χ2n) is 5.97. The lowest BCUT2D eigenvalue weighted by molar-refractivity contribution is -0.147. The smallest absolute Gasteiger partial charge is 0.344 e. The lowest BCUT2D eigenvalue weighted by Gasteiger charge is -2.10. The summed E-state index contributed by atoms with van der Waals surface area (Å²) in [6, 6.07) is 6.30. The predicted molar refractivity (Wildman–Crippen MR) is 105 cm³/mol. The SMILES string of the molecule is CCCCCOC(=O)COC(=O)c1ccccc1OC(=O)CCCCCBr. The molecule has 0 bridgehead atoms. The van der Waals surface area contributed by atoms with Gasteiger partial charge in [-0.05, 0) is 31.4 Å².